The predicted octanol–water partition coefficient (Wildman–Crippen LogP) is 10.4. The van der Waals surface area contributed by atoms with Crippen LogP contribution in [-0.2, 0) is 0 Å². The lowest BCUT2D eigenvalue weighted by Crippen LogP contribution is -2.46. The Labute approximate surface area is 202 Å². The molecule has 0 aromatic heterocycles. The summed E-state index contributed by atoms with van der Waals surface area (Å²) in [6, 6.07) is 0. The standard InChI is InChI=1S/C32H56/c1-10-11-18-29(5,6)31(8)19-17-27-28-16-15-26(25(4)14-12-13-24(2)3)32(28,9)23-21-30(27,7)20-22-31/h13,17,19,25-28H,10-12,14-16,18,20-23H2,1-9H3. The molecule has 0 saturated heterocycles. The Morgan fingerprint density at radius 3 is 2.41 bits per heavy atom. The van der Waals surface area contributed by atoms with Crippen LogP contribution < -0.4 is 0 Å². The second kappa shape index (κ2) is 9.62. The molecule has 0 heterocycles. The highest BCUT2D eigenvalue weighted by molar-refractivity contribution is 5.17. The van der Waals surface area contributed by atoms with E-state index in [0.717, 1.165) is 23.7 Å². The molecule has 0 aromatic rings. The third-order valence-electron chi connectivity index (χ3n) is 11.4. The number of hydrogen-bond acceptors (Lipinski definition) is 0. The molecule has 0 radical (unpaired) electrons. The first-order valence-electron chi connectivity index (χ1n) is 14.2. The summed E-state index contributed by atoms with van der Waals surface area (Å²) in [4.78, 5) is 0. The zero-order chi connectivity index (χ0) is 23.8. The summed E-state index contributed by atoms with van der Waals surface area (Å²) in [5.74, 6) is 3.47. The van der Waals surface area contributed by atoms with Crippen molar-refractivity contribution in [3.05, 3.63) is 23.8 Å². The van der Waals surface area contributed by atoms with Gasteiger partial charge in [-0.25, -0.2) is 0 Å². The molecule has 0 nitrogen and oxygen atoms in total. The molecule has 0 aromatic carbocycles. The fourth-order valence-corrected chi connectivity index (χ4v) is 8.30. The fourth-order valence-electron chi connectivity index (χ4n) is 8.30. The third kappa shape index (κ3) is 4.81. The van der Waals surface area contributed by atoms with E-state index in [4.69, 9.17) is 0 Å². The average molecular weight is 441 g/mol. The lowest BCUT2D eigenvalue weighted by atomic mass is 9.51. The number of fused-ring (bicyclic) bond motifs is 3. The number of allylic oxidation sites excluding steroid dienone is 4. The quantitative estimate of drug-likeness (QED) is 0.329. The SMILES string of the molecule is CCCCC(C)(C)C1(C)C=CC2C3CCC(C(C)CCC=C(C)C)C3(C)CCC2(C)CC1. The fraction of sp³-hybridized carbons (Fsp3) is 0.875. The molecule has 3 rings (SSSR count). The zero-order valence-electron chi connectivity index (χ0n) is 23.3. The Hall–Kier alpha value is -0.520. The molecule has 0 spiro atoms. The lowest BCUT2D eigenvalue weighted by Gasteiger charge is -2.54. The van der Waals surface area contributed by atoms with Crippen molar-refractivity contribution < 1.29 is 0 Å². The normalized spacial score (nSPS) is 40.3. The highest BCUT2D eigenvalue weighted by Gasteiger charge is 2.58. The molecule has 7 atom stereocenters. The van der Waals surface area contributed by atoms with Crippen molar-refractivity contribution in [3.63, 3.8) is 0 Å². The van der Waals surface area contributed by atoms with Gasteiger partial charge in [0, 0.05) is 0 Å². The molecule has 2 saturated carbocycles. The first kappa shape index (κ1) is 26.1. The summed E-state index contributed by atoms with van der Waals surface area (Å²) in [5, 5.41) is 0. The largest absolute Gasteiger partial charge is 0.0859 e. The van der Waals surface area contributed by atoms with Crippen molar-refractivity contribution in [1.82, 2.24) is 0 Å². The van der Waals surface area contributed by atoms with Gasteiger partial charge in [0.2, 0.25) is 0 Å². The first-order chi connectivity index (χ1) is 14.9. The Morgan fingerprint density at radius 2 is 1.75 bits per heavy atom. The molecule has 0 heteroatoms. The minimum Gasteiger partial charge on any atom is -0.0859 e. The molecule has 184 valence electrons. The van der Waals surface area contributed by atoms with Crippen LogP contribution in [-0.4, -0.2) is 0 Å². The highest BCUT2D eigenvalue weighted by Crippen LogP contribution is 2.67. The Morgan fingerprint density at radius 1 is 1.06 bits per heavy atom. The molecule has 0 amide bonds. The van der Waals surface area contributed by atoms with Crippen LogP contribution in [0.15, 0.2) is 23.8 Å². The van der Waals surface area contributed by atoms with Crippen molar-refractivity contribution in [2.24, 2.45) is 45.3 Å². The second-order valence-corrected chi connectivity index (χ2v) is 14.1. The van der Waals surface area contributed by atoms with Crippen LogP contribution in [0.25, 0.3) is 0 Å². The van der Waals surface area contributed by atoms with Crippen LogP contribution in [0, 0.1) is 45.3 Å². The maximum atomic E-state index is 2.78. The molecular weight excluding hydrogens is 384 g/mol. The molecule has 3 aliphatic rings. The third-order valence-corrected chi connectivity index (χ3v) is 11.4. The van der Waals surface area contributed by atoms with Gasteiger partial charge >= 0.3 is 0 Å². The summed E-state index contributed by atoms with van der Waals surface area (Å²) < 4.78 is 0. The van der Waals surface area contributed by atoms with Gasteiger partial charge < -0.3 is 0 Å². The van der Waals surface area contributed by atoms with Gasteiger partial charge in [-0.05, 0) is 117 Å². The maximum absolute atomic E-state index is 2.78. The minimum absolute atomic E-state index is 0.342. The van der Waals surface area contributed by atoms with Gasteiger partial charge in [0.1, 0.15) is 0 Å². The van der Waals surface area contributed by atoms with E-state index in [9.17, 15) is 0 Å². The summed E-state index contributed by atoms with van der Waals surface area (Å²) in [7, 11) is 0. The van der Waals surface area contributed by atoms with Crippen molar-refractivity contribution in [2.75, 3.05) is 0 Å². The average Bonchev–Trinajstić information content (AvgIpc) is 2.99. The molecule has 32 heavy (non-hydrogen) atoms. The summed E-state index contributed by atoms with van der Waals surface area (Å²) in [6.45, 7) is 22.5. The predicted molar refractivity (Wildman–Crippen MR) is 143 cm³/mol. The number of rotatable bonds is 8. The Bertz CT molecular complexity index is 691. The van der Waals surface area contributed by atoms with Gasteiger partial charge in [0.25, 0.3) is 0 Å². The van der Waals surface area contributed by atoms with Gasteiger partial charge in [-0.3, -0.25) is 0 Å². The number of unbranched alkanes of at least 4 members (excludes halogenated alkanes) is 1. The molecular formula is C32H56. The van der Waals surface area contributed by atoms with Gasteiger partial charge in [0.05, 0.1) is 0 Å². The zero-order valence-corrected chi connectivity index (χ0v) is 23.3. The van der Waals surface area contributed by atoms with Crippen LogP contribution in [0.2, 0.25) is 0 Å². The summed E-state index contributed by atoms with van der Waals surface area (Å²) in [6.07, 6.45) is 23.3. The van der Waals surface area contributed by atoms with Crippen LogP contribution >= 0.6 is 0 Å². The molecule has 0 N–H and O–H groups in total. The van der Waals surface area contributed by atoms with Crippen molar-refractivity contribution in [1.29, 1.82) is 0 Å². The molecule has 0 bridgehead atoms. The van der Waals surface area contributed by atoms with Crippen LogP contribution in [0.1, 0.15) is 133 Å². The molecule has 3 aliphatic carbocycles. The molecule has 7 unspecified atom stereocenters. The van der Waals surface area contributed by atoms with Gasteiger partial charge in [0.15, 0.2) is 0 Å². The van der Waals surface area contributed by atoms with Gasteiger partial charge in [-0.2, -0.15) is 0 Å². The first-order valence-corrected chi connectivity index (χ1v) is 14.2. The van der Waals surface area contributed by atoms with Gasteiger partial charge in [-0.1, -0.05) is 85.1 Å². The van der Waals surface area contributed by atoms with Crippen LogP contribution in [0.3, 0.4) is 0 Å². The monoisotopic (exact) mass is 440 g/mol. The van der Waals surface area contributed by atoms with E-state index in [2.05, 4.69) is 80.5 Å². The van der Waals surface area contributed by atoms with E-state index in [-0.39, 0.29) is 0 Å². The Balaban J connectivity index is 1.81. The smallest absolute Gasteiger partial charge is 0.00951 e. The van der Waals surface area contributed by atoms with Crippen molar-refractivity contribution in [3.8, 4) is 0 Å². The van der Waals surface area contributed by atoms with Gasteiger partial charge in [-0.15, -0.1) is 0 Å². The summed E-state index contributed by atoms with van der Waals surface area (Å²) >= 11 is 0. The molecule has 0 aliphatic heterocycles. The number of hydrogen-bond donors (Lipinski definition) is 0. The van der Waals surface area contributed by atoms with E-state index in [1.807, 2.05) is 0 Å². The minimum atomic E-state index is 0.342. The van der Waals surface area contributed by atoms with E-state index >= 15 is 0 Å². The lowest BCUT2D eigenvalue weighted by molar-refractivity contribution is -0.0351. The van der Waals surface area contributed by atoms with Crippen molar-refractivity contribution >= 4 is 0 Å². The topological polar surface area (TPSA) is 0 Å². The molecule has 2 fully saturated rings. The maximum Gasteiger partial charge on any atom is -0.00951 e. The van der Waals surface area contributed by atoms with E-state index in [1.54, 1.807) is 0 Å². The van der Waals surface area contributed by atoms with E-state index < -0.39 is 0 Å². The second-order valence-electron chi connectivity index (χ2n) is 14.1. The Kier molecular flexibility index (Phi) is 7.84. The van der Waals surface area contributed by atoms with E-state index in [0.29, 0.717) is 21.7 Å². The summed E-state index contributed by atoms with van der Waals surface area (Å²) in [5.41, 5.74) is 3.28. The van der Waals surface area contributed by atoms with Crippen molar-refractivity contribution in [2.45, 2.75) is 133 Å². The highest BCUT2D eigenvalue weighted by atomic mass is 14.6. The van der Waals surface area contributed by atoms with E-state index in [1.165, 1.54) is 76.2 Å². The van der Waals surface area contributed by atoms with Crippen LogP contribution in [0.5, 0.6) is 0 Å². The van der Waals surface area contributed by atoms with Crippen LogP contribution in [0.4, 0.5) is 0 Å².